The SMILES string of the molecule is CC(C)(C)C1C=CC(O)(CC2CO2)CC1. The molecule has 0 radical (unpaired) electrons. The maximum atomic E-state index is 10.3. The highest BCUT2D eigenvalue weighted by atomic mass is 16.6. The minimum absolute atomic E-state index is 0.311. The van der Waals surface area contributed by atoms with Gasteiger partial charge in [-0.2, -0.15) is 0 Å². The summed E-state index contributed by atoms with van der Waals surface area (Å²) in [5, 5.41) is 10.3. The lowest BCUT2D eigenvalue weighted by atomic mass is 9.72. The number of rotatable bonds is 2. The largest absolute Gasteiger partial charge is 0.386 e. The highest BCUT2D eigenvalue weighted by molar-refractivity contribution is 5.11. The molecule has 1 fully saturated rings. The molecule has 0 amide bonds. The summed E-state index contributed by atoms with van der Waals surface area (Å²) in [4.78, 5) is 0. The summed E-state index contributed by atoms with van der Waals surface area (Å²) < 4.78 is 5.18. The molecule has 0 saturated carbocycles. The third kappa shape index (κ3) is 2.82. The van der Waals surface area contributed by atoms with E-state index >= 15 is 0 Å². The summed E-state index contributed by atoms with van der Waals surface area (Å²) in [6, 6.07) is 0. The van der Waals surface area contributed by atoms with Crippen molar-refractivity contribution in [2.75, 3.05) is 6.61 Å². The van der Waals surface area contributed by atoms with Gasteiger partial charge in [0.1, 0.15) is 0 Å². The van der Waals surface area contributed by atoms with Crippen LogP contribution >= 0.6 is 0 Å². The van der Waals surface area contributed by atoms with Crippen molar-refractivity contribution in [3.63, 3.8) is 0 Å². The van der Waals surface area contributed by atoms with Crippen LogP contribution in [0.15, 0.2) is 12.2 Å². The van der Waals surface area contributed by atoms with E-state index in [0.29, 0.717) is 17.4 Å². The van der Waals surface area contributed by atoms with E-state index in [0.717, 1.165) is 25.9 Å². The van der Waals surface area contributed by atoms with Gasteiger partial charge in [-0.05, 0) is 24.2 Å². The number of allylic oxidation sites excluding steroid dienone is 1. The molecule has 0 bridgehead atoms. The molecule has 1 saturated heterocycles. The molecular weight excluding hydrogens is 188 g/mol. The van der Waals surface area contributed by atoms with Crippen LogP contribution in [-0.4, -0.2) is 23.4 Å². The van der Waals surface area contributed by atoms with Crippen molar-refractivity contribution in [2.45, 2.75) is 51.7 Å². The van der Waals surface area contributed by atoms with Gasteiger partial charge >= 0.3 is 0 Å². The summed E-state index contributed by atoms with van der Waals surface area (Å²) in [5.74, 6) is 0.595. The minimum atomic E-state index is -0.594. The van der Waals surface area contributed by atoms with Crippen molar-refractivity contribution in [3.8, 4) is 0 Å². The van der Waals surface area contributed by atoms with Gasteiger partial charge in [0.05, 0.1) is 18.3 Å². The summed E-state index contributed by atoms with van der Waals surface area (Å²) >= 11 is 0. The summed E-state index contributed by atoms with van der Waals surface area (Å²) in [6.07, 6.45) is 7.26. The number of ether oxygens (including phenoxy) is 1. The zero-order chi connectivity index (χ0) is 11.1. The van der Waals surface area contributed by atoms with Gasteiger partial charge in [0.25, 0.3) is 0 Å². The predicted molar refractivity (Wildman–Crippen MR) is 60.6 cm³/mol. The molecule has 1 aliphatic heterocycles. The predicted octanol–water partition coefficient (Wildman–Crippen LogP) is 2.52. The maximum Gasteiger partial charge on any atom is 0.0853 e. The zero-order valence-corrected chi connectivity index (χ0v) is 9.99. The second-order valence-electron chi connectivity index (χ2n) is 6.13. The van der Waals surface area contributed by atoms with Crippen LogP contribution in [0.25, 0.3) is 0 Å². The van der Waals surface area contributed by atoms with E-state index in [-0.39, 0.29) is 0 Å². The second kappa shape index (κ2) is 3.60. The maximum absolute atomic E-state index is 10.3. The normalized spacial score (nSPS) is 40.5. The van der Waals surface area contributed by atoms with E-state index in [9.17, 15) is 5.11 Å². The molecule has 1 heterocycles. The van der Waals surface area contributed by atoms with Crippen LogP contribution in [0, 0.1) is 11.3 Å². The highest BCUT2D eigenvalue weighted by Crippen LogP contribution is 2.39. The summed E-state index contributed by atoms with van der Waals surface area (Å²) in [6.45, 7) is 7.61. The Morgan fingerprint density at radius 3 is 2.53 bits per heavy atom. The van der Waals surface area contributed by atoms with E-state index in [4.69, 9.17) is 4.74 Å². The average Bonchev–Trinajstić information content (AvgIpc) is 2.86. The quantitative estimate of drug-likeness (QED) is 0.561. The Morgan fingerprint density at radius 1 is 1.47 bits per heavy atom. The standard InChI is InChI=1S/C13H22O2/c1-12(2,3)10-4-6-13(14,7-5-10)8-11-9-15-11/h4,6,10-11,14H,5,7-9H2,1-3H3. The van der Waals surface area contributed by atoms with Crippen LogP contribution in [0.2, 0.25) is 0 Å². The number of hydrogen-bond donors (Lipinski definition) is 1. The Morgan fingerprint density at radius 2 is 2.13 bits per heavy atom. The van der Waals surface area contributed by atoms with Gasteiger partial charge in [0.2, 0.25) is 0 Å². The van der Waals surface area contributed by atoms with Gasteiger partial charge in [-0.1, -0.05) is 32.9 Å². The van der Waals surface area contributed by atoms with Crippen molar-refractivity contribution >= 4 is 0 Å². The van der Waals surface area contributed by atoms with Crippen LogP contribution in [0.5, 0.6) is 0 Å². The van der Waals surface area contributed by atoms with Crippen molar-refractivity contribution < 1.29 is 9.84 Å². The van der Waals surface area contributed by atoms with Crippen molar-refractivity contribution in [1.82, 2.24) is 0 Å². The lowest BCUT2D eigenvalue weighted by Crippen LogP contribution is -2.34. The first-order valence-electron chi connectivity index (χ1n) is 5.92. The third-order valence-corrected chi connectivity index (χ3v) is 3.62. The fourth-order valence-electron chi connectivity index (χ4n) is 2.35. The minimum Gasteiger partial charge on any atom is -0.386 e. The molecule has 1 N–H and O–H groups in total. The molecule has 2 rings (SSSR count). The Bertz CT molecular complexity index is 260. The Hall–Kier alpha value is -0.340. The fraction of sp³-hybridized carbons (Fsp3) is 0.846. The first-order valence-corrected chi connectivity index (χ1v) is 5.92. The molecule has 0 aromatic rings. The monoisotopic (exact) mass is 210 g/mol. The van der Waals surface area contributed by atoms with Crippen LogP contribution in [0.1, 0.15) is 40.0 Å². The third-order valence-electron chi connectivity index (χ3n) is 3.62. The first kappa shape index (κ1) is 11.2. The van der Waals surface area contributed by atoms with Gasteiger partial charge in [-0.15, -0.1) is 0 Å². The molecule has 0 aromatic heterocycles. The molecule has 15 heavy (non-hydrogen) atoms. The topological polar surface area (TPSA) is 32.8 Å². The highest BCUT2D eigenvalue weighted by Gasteiger charge is 2.38. The van der Waals surface area contributed by atoms with Crippen molar-refractivity contribution in [1.29, 1.82) is 0 Å². The number of hydrogen-bond acceptors (Lipinski definition) is 2. The fourth-order valence-corrected chi connectivity index (χ4v) is 2.35. The lowest BCUT2D eigenvalue weighted by molar-refractivity contribution is 0.0440. The molecule has 2 nitrogen and oxygen atoms in total. The smallest absolute Gasteiger partial charge is 0.0853 e. The molecule has 3 unspecified atom stereocenters. The molecule has 2 heteroatoms. The zero-order valence-electron chi connectivity index (χ0n) is 9.99. The average molecular weight is 210 g/mol. The Kier molecular flexibility index (Phi) is 2.68. The second-order valence-corrected chi connectivity index (χ2v) is 6.13. The summed E-state index contributed by atoms with van der Waals surface area (Å²) in [5.41, 5.74) is -0.281. The summed E-state index contributed by atoms with van der Waals surface area (Å²) in [7, 11) is 0. The first-order chi connectivity index (χ1) is 6.89. The molecule has 0 spiro atoms. The molecule has 1 aliphatic carbocycles. The molecule has 2 aliphatic rings. The number of epoxide rings is 1. The molecule has 86 valence electrons. The molecular formula is C13H22O2. The molecule has 3 atom stereocenters. The van der Waals surface area contributed by atoms with Gasteiger partial charge < -0.3 is 9.84 Å². The van der Waals surface area contributed by atoms with Crippen molar-refractivity contribution in [2.24, 2.45) is 11.3 Å². The van der Waals surface area contributed by atoms with Gasteiger partial charge in [-0.3, -0.25) is 0 Å². The Balaban J connectivity index is 1.97. The number of aliphatic hydroxyl groups is 1. The van der Waals surface area contributed by atoms with Gasteiger partial charge in [0.15, 0.2) is 0 Å². The van der Waals surface area contributed by atoms with E-state index < -0.39 is 5.60 Å². The van der Waals surface area contributed by atoms with Gasteiger partial charge in [-0.25, -0.2) is 0 Å². The van der Waals surface area contributed by atoms with Crippen LogP contribution < -0.4 is 0 Å². The van der Waals surface area contributed by atoms with Crippen LogP contribution in [-0.2, 0) is 4.74 Å². The van der Waals surface area contributed by atoms with Gasteiger partial charge in [0, 0.05) is 6.42 Å². The lowest BCUT2D eigenvalue weighted by Gasteiger charge is -2.36. The molecule has 0 aromatic carbocycles. The Labute approximate surface area is 92.3 Å². The van der Waals surface area contributed by atoms with E-state index in [2.05, 4.69) is 26.8 Å². The van der Waals surface area contributed by atoms with Crippen LogP contribution in [0.3, 0.4) is 0 Å². The van der Waals surface area contributed by atoms with E-state index in [1.54, 1.807) is 0 Å². The van der Waals surface area contributed by atoms with Crippen LogP contribution in [0.4, 0.5) is 0 Å². The van der Waals surface area contributed by atoms with E-state index in [1.807, 2.05) is 6.08 Å². The van der Waals surface area contributed by atoms with E-state index in [1.165, 1.54) is 0 Å². The van der Waals surface area contributed by atoms with Crippen molar-refractivity contribution in [3.05, 3.63) is 12.2 Å².